The van der Waals surface area contributed by atoms with Gasteiger partial charge in [0.25, 0.3) is 0 Å². The summed E-state index contributed by atoms with van der Waals surface area (Å²) in [7, 11) is 4.73. The maximum absolute atomic E-state index is 4.98. The normalized spacial score (nSPS) is 9.27. The third kappa shape index (κ3) is 3.21. The van der Waals surface area contributed by atoms with E-state index in [1.807, 2.05) is 0 Å². The molecule has 7 heteroatoms. The molecule has 0 atom stereocenters. The summed E-state index contributed by atoms with van der Waals surface area (Å²) in [5.74, 6) is 1.14. The molecule has 0 radical (unpaired) electrons. The van der Waals surface area contributed by atoms with Crippen molar-refractivity contribution >= 4 is 23.3 Å². The van der Waals surface area contributed by atoms with E-state index < -0.39 is 0 Å². The quantitative estimate of drug-likeness (QED) is 0.726. The van der Waals surface area contributed by atoms with E-state index in [1.54, 1.807) is 13.1 Å². The number of rotatable bonds is 3. The van der Waals surface area contributed by atoms with Crippen LogP contribution in [0.25, 0.3) is 0 Å². The van der Waals surface area contributed by atoms with Crippen molar-refractivity contribution in [3.63, 3.8) is 0 Å². The van der Waals surface area contributed by atoms with Gasteiger partial charge in [0.1, 0.15) is 0 Å². The Bertz CT molecular complexity index is 336. The Kier molecular flexibility index (Phi) is 4.04. The zero-order valence-corrected chi connectivity index (χ0v) is 9.51. The smallest absolute Gasteiger partial charge is 0.235 e. The number of anilines is 1. The van der Waals surface area contributed by atoms with Gasteiger partial charge in [-0.1, -0.05) is 0 Å². The molecule has 0 unspecified atom stereocenters. The molecule has 0 aromatic carbocycles. The number of thiocarbonyl (C=S) groups is 1. The molecule has 2 N–H and O–H groups in total. The fourth-order valence-electron chi connectivity index (χ4n) is 0.833. The lowest BCUT2D eigenvalue weighted by Gasteiger charge is -2.08. The summed E-state index contributed by atoms with van der Waals surface area (Å²) in [5.41, 5.74) is 0. The lowest BCUT2D eigenvalue weighted by Crippen LogP contribution is -2.25. The van der Waals surface area contributed by atoms with Crippen molar-refractivity contribution in [2.75, 3.05) is 26.6 Å². The van der Waals surface area contributed by atoms with Gasteiger partial charge in [-0.25, -0.2) is 0 Å². The van der Waals surface area contributed by atoms with Crippen molar-refractivity contribution in [1.29, 1.82) is 0 Å². The first kappa shape index (κ1) is 11.4. The van der Waals surface area contributed by atoms with Gasteiger partial charge in [0, 0.05) is 7.05 Å². The highest BCUT2D eigenvalue weighted by molar-refractivity contribution is 7.80. The number of hydrogen-bond donors (Lipinski definition) is 2. The Morgan fingerprint density at radius 3 is 2.20 bits per heavy atom. The Labute approximate surface area is 93.0 Å². The minimum absolute atomic E-state index is 0.325. The van der Waals surface area contributed by atoms with E-state index in [2.05, 4.69) is 20.6 Å². The molecule has 0 aliphatic rings. The van der Waals surface area contributed by atoms with Crippen LogP contribution in [0.3, 0.4) is 0 Å². The third-order valence-corrected chi connectivity index (χ3v) is 1.86. The Hall–Kier alpha value is -1.63. The molecule has 1 heterocycles. The molecule has 0 saturated carbocycles. The first-order valence-electron chi connectivity index (χ1n) is 4.15. The van der Waals surface area contributed by atoms with Crippen LogP contribution in [0.15, 0.2) is 6.07 Å². The van der Waals surface area contributed by atoms with Gasteiger partial charge in [-0.15, -0.1) is 0 Å². The monoisotopic (exact) mass is 228 g/mol. The van der Waals surface area contributed by atoms with E-state index >= 15 is 0 Å². The van der Waals surface area contributed by atoms with Crippen molar-refractivity contribution in [3.05, 3.63) is 6.07 Å². The second kappa shape index (κ2) is 5.30. The molecule has 82 valence electrons. The Balaban J connectivity index is 2.91. The second-order valence-corrected chi connectivity index (χ2v) is 2.89. The molecule has 0 saturated heterocycles. The lowest BCUT2D eigenvalue weighted by molar-refractivity contribution is 0.373. The minimum Gasteiger partial charge on any atom is -0.481 e. The standard InChI is InChI=1S/C8H12N4O2S/c1-9-8(15)12-7-10-5(13-2)4-6(11-7)14-3/h4H,1-3H3,(H2,9,10,11,12,15). The maximum atomic E-state index is 4.98. The van der Waals surface area contributed by atoms with Crippen LogP contribution >= 0.6 is 12.2 Å². The van der Waals surface area contributed by atoms with Crippen LogP contribution in [-0.4, -0.2) is 36.3 Å². The van der Waals surface area contributed by atoms with Gasteiger partial charge in [0.05, 0.1) is 20.3 Å². The molecule has 1 aromatic rings. The predicted molar refractivity (Wildman–Crippen MR) is 60.4 cm³/mol. The molecule has 0 aliphatic carbocycles. The molecular weight excluding hydrogens is 216 g/mol. The molecule has 1 rings (SSSR count). The first-order valence-corrected chi connectivity index (χ1v) is 4.56. The first-order chi connectivity index (χ1) is 7.19. The van der Waals surface area contributed by atoms with Gasteiger partial charge >= 0.3 is 0 Å². The average Bonchev–Trinajstić information content (AvgIpc) is 2.28. The molecule has 0 bridgehead atoms. The SMILES string of the molecule is CNC(=S)Nc1nc(OC)cc(OC)n1. The van der Waals surface area contributed by atoms with E-state index in [4.69, 9.17) is 21.7 Å². The van der Waals surface area contributed by atoms with Crippen LogP contribution < -0.4 is 20.1 Å². The average molecular weight is 228 g/mol. The molecular formula is C8H12N4O2S. The largest absolute Gasteiger partial charge is 0.481 e. The highest BCUT2D eigenvalue weighted by Gasteiger charge is 2.05. The van der Waals surface area contributed by atoms with Gasteiger partial charge in [-0.2, -0.15) is 9.97 Å². The van der Waals surface area contributed by atoms with Crippen LogP contribution in [0.2, 0.25) is 0 Å². The van der Waals surface area contributed by atoms with Crippen LogP contribution in [-0.2, 0) is 0 Å². The summed E-state index contributed by atoms with van der Waals surface area (Å²) in [6.07, 6.45) is 0. The van der Waals surface area contributed by atoms with Crippen LogP contribution in [0.1, 0.15) is 0 Å². The topological polar surface area (TPSA) is 68.3 Å². The lowest BCUT2D eigenvalue weighted by atomic mass is 10.6. The Morgan fingerprint density at radius 1 is 1.27 bits per heavy atom. The molecule has 0 fully saturated rings. The number of hydrogen-bond acceptors (Lipinski definition) is 5. The molecule has 0 aliphatic heterocycles. The number of aromatic nitrogens is 2. The van der Waals surface area contributed by atoms with Crippen molar-refractivity contribution in [2.45, 2.75) is 0 Å². The number of nitrogens with one attached hydrogen (secondary N) is 2. The van der Waals surface area contributed by atoms with E-state index in [0.29, 0.717) is 22.8 Å². The highest BCUT2D eigenvalue weighted by atomic mass is 32.1. The fourth-order valence-corrected chi connectivity index (χ4v) is 0.924. The van der Waals surface area contributed by atoms with E-state index in [1.165, 1.54) is 14.2 Å². The van der Waals surface area contributed by atoms with Gasteiger partial charge in [0.15, 0.2) is 5.11 Å². The highest BCUT2D eigenvalue weighted by Crippen LogP contribution is 2.16. The summed E-state index contributed by atoms with van der Waals surface area (Å²) in [5, 5.41) is 5.95. The van der Waals surface area contributed by atoms with E-state index in [-0.39, 0.29) is 0 Å². The van der Waals surface area contributed by atoms with Crippen molar-refractivity contribution in [1.82, 2.24) is 15.3 Å². The summed E-state index contributed by atoms with van der Waals surface area (Å²) >= 11 is 4.91. The molecule has 15 heavy (non-hydrogen) atoms. The maximum Gasteiger partial charge on any atom is 0.235 e. The van der Waals surface area contributed by atoms with Gasteiger partial charge in [-0.05, 0) is 12.2 Å². The van der Waals surface area contributed by atoms with Crippen LogP contribution in [0.5, 0.6) is 11.8 Å². The Morgan fingerprint density at radius 2 is 1.80 bits per heavy atom. The zero-order valence-electron chi connectivity index (χ0n) is 8.70. The zero-order chi connectivity index (χ0) is 11.3. The van der Waals surface area contributed by atoms with E-state index in [9.17, 15) is 0 Å². The second-order valence-electron chi connectivity index (χ2n) is 2.48. The van der Waals surface area contributed by atoms with Gasteiger partial charge in [-0.3, -0.25) is 0 Å². The summed E-state index contributed by atoms with van der Waals surface area (Å²) in [6.45, 7) is 0. The number of methoxy groups -OCH3 is 2. The summed E-state index contributed by atoms with van der Waals surface area (Å²) in [4.78, 5) is 8.07. The minimum atomic E-state index is 0.325. The van der Waals surface area contributed by atoms with Crippen LogP contribution in [0.4, 0.5) is 5.95 Å². The molecule has 0 spiro atoms. The van der Waals surface area contributed by atoms with Crippen molar-refractivity contribution in [3.8, 4) is 11.8 Å². The predicted octanol–water partition coefficient (Wildman–Crippen LogP) is 0.410. The van der Waals surface area contributed by atoms with E-state index in [0.717, 1.165) is 0 Å². The van der Waals surface area contributed by atoms with Crippen molar-refractivity contribution in [2.24, 2.45) is 0 Å². The van der Waals surface area contributed by atoms with Gasteiger partial charge in [0.2, 0.25) is 17.7 Å². The molecule has 0 amide bonds. The van der Waals surface area contributed by atoms with Gasteiger partial charge < -0.3 is 20.1 Å². The summed E-state index contributed by atoms with van der Waals surface area (Å²) in [6, 6.07) is 1.58. The number of ether oxygens (including phenoxy) is 2. The number of nitrogens with zero attached hydrogens (tertiary/aromatic N) is 2. The molecule has 1 aromatic heterocycles. The third-order valence-electron chi connectivity index (χ3n) is 1.55. The van der Waals surface area contributed by atoms with Crippen LogP contribution in [0, 0.1) is 0 Å². The van der Waals surface area contributed by atoms with Crippen molar-refractivity contribution < 1.29 is 9.47 Å². The molecule has 6 nitrogen and oxygen atoms in total. The fraction of sp³-hybridized carbons (Fsp3) is 0.375. The summed E-state index contributed by atoms with van der Waals surface area (Å²) < 4.78 is 9.96.